The zero-order valence-corrected chi connectivity index (χ0v) is 13.9. The number of nitrogens with one attached hydrogen (secondary N) is 1. The summed E-state index contributed by atoms with van der Waals surface area (Å²) in [6.45, 7) is 1.67. The predicted octanol–water partition coefficient (Wildman–Crippen LogP) is 4.56. The van der Waals surface area contributed by atoms with Gasteiger partial charge in [0, 0.05) is 44.2 Å². The Bertz CT molecular complexity index is 554. The molecule has 1 heterocycles. The zero-order chi connectivity index (χ0) is 18.0. The summed E-state index contributed by atoms with van der Waals surface area (Å²) in [6.07, 6.45) is -10.8. The molecule has 0 aromatic heterocycles. The first-order valence-electron chi connectivity index (χ1n) is 7.46. The number of nitrogens with zero attached hydrogens (tertiary/aromatic N) is 1. The Labute approximate surface area is 146 Å². The monoisotopic (exact) mass is 394 g/mol. The molecular formula is C15H18ClF7N2. The van der Waals surface area contributed by atoms with Crippen molar-refractivity contribution in [3.8, 4) is 0 Å². The van der Waals surface area contributed by atoms with Crippen molar-refractivity contribution in [3.63, 3.8) is 0 Å². The highest BCUT2D eigenvalue weighted by atomic mass is 35.5. The summed E-state index contributed by atoms with van der Waals surface area (Å²) in [5.74, 6) is -0.922. The summed E-state index contributed by atoms with van der Waals surface area (Å²) >= 11 is 0. The third-order valence-corrected chi connectivity index (χ3v) is 3.98. The predicted molar refractivity (Wildman–Crippen MR) is 81.1 cm³/mol. The largest absolute Gasteiger partial charge is 0.416 e. The maximum atomic E-state index is 14.1. The second-order valence-corrected chi connectivity index (χ2v) is 5.69. The number of hydrogen-bond acceptors (Lipinski definition) is 2. The first-order chi connectivity index (χ1) is 11.1. The molecule has 0 amide bonds. The van der Waals surface area contributed by atoms with E-state index in [9.17, 15) is 30.7 Å². The SMILES string of the molecule is Cl.Fc1ccc(C(F)(F)F)cc1[C@H](CCC(F)(F)F)N1CCNCC1. The first-order valence-corrected chi connectivity index (χ1v) is 7.46. The Morgan fingerprint density at radius 1 is 1.04 bits per heavy atom. The minimum Gasteiger partial charge on any atom is -0.314 e. The molecule has 1 aromatic rings. The standard InChI is InChI=1S/C15H17F7N2.ClH/c16-12-2-1-10(15(20,21)22)9-11(12)13(3-4-14(17,18)19)24-7-5-23-6-8-24;/h1-2,9,13,23H,3-8H2;1H/t13-;/m0./s1. The van der Waals surface area contributed by atoms with Crippen molar-refractivity contribution >= 4 is 12.4 Å². The van der Waals surface area contributed by atoms with Gasteiger partial charge in [0.05, 0.1) is 5.56 Å². The number of hydrogen-bond donors (Lipinski definition) is 1. The highest BCUT2D eigenvalue weighted by Gasteiger charge is 2.35. The number of benzene rings is 1. The van der Waals surface area contributed by atoms with Crippen LogP contribution in [-0.4, -0.2) is 37.3 Å². The van der Waals surface area contributed by atoms with Gasteiger partial charge in [0.15, 0.2) is 0 Å². The van der Waals surface area contributed by atoms with Crippen LogP contribution in [0, 0.1) is 5.82 Å². The zero-order valence-electron chi connectivity index (χ0n) is 13.1. The highest BCUT2D eigenvalue weighted by Crippen LogP contribution is 2.36. The quantitative estimate of drug-likeness (QED) is 0.753. The van der Waals surface area contributed by atoms with Gasteiger partial charge in [-0.3, -0.25) is 4.90 Å². The van der Waals surface area contributed by atoms with E-state index in [1.165, 1.54) is 0 Å². The molecule has 25 heavy (non-hydrogen) atoms. The lowest BCUT2D eigenvalue weighted by Crippen LogP contribution is -2.45. The van der Waals surface area contributed by atoms with Crippen LogP contribution in [0.15, 0.2) is 18.2 Å². The Morgan fingerprint density at radius 2 is 1.64 bits per heavy atom. The highest BCUT2D eigenvalue weighted by molar-refractivity contribution is 5.85. The molecule has 1 aliphatic heterocycles. The molecule has 0 saturated carbocycles. The van der Waals surface area contributed by atoms with Crippen LogP contribution in [0.4, 0.5) is 30.7 Å². The van der Waals surface area contributed by atoms with E-state index < -0.39 is 42.6 Å². The second-order valence-electron chi connectivity index (χ2n) is 5.69. The molecule has 1 atom stereocenters. The van der Waals surface area contributed by atoms with Crippen molar-refractivity contribution in [2.45, 2.75) is 31.2 Å². The van der Waals surface area contributed by atoms with E-state index in [4.69, 9.17) is 0 Å². The van der Waals surface area contributed by atoms with Crippen molar-refractivity contribution < 1.29 is 30.7 Å². The number of alkyl halides is 6. The molecule has 2 rings (SSSR count). The molecule has 1 saturated heterocycles. The minimum atomic E-state index is -4.68. The van der Waals surface area contributed by atoms with E-state index in [0.29, 0.717) is 44.4 Å². The second kappa shape index (κ2) is 8.55. The molecule has 0 spiro atoms. The van der Waals surface area contributed by atoms with Gasteiger partial charge in [-0.2, -0.15) is 26.3 Å². The third kappa shape index (κ3) is 6.31. The van der Waals surface area contributed by atoms with Crippen molar-refractivity contribution in [3.05, 3.63) is 35.1 Å². The van der Waals surface area contributed by atoms with E-state index in [1.54, 1.807) is 4.90 Å². The van der Waals surface area contributed by atoms with Crippen LogP contribution in [-0.2, 0) is 6.18 Å². The van der Waals surface area contributed by atoms with Crippen LogP contribution in [0.1, 0.15) is 30.0 Å². The average Bonchev–Trinajstić information content (AvgIpc) is 2.48. The molecule has 1 fully saturated rings. The van der Waals surface area contributed by atoms with E-state index in [-0.39, 0.29) is 18.0 Å². The Kier molecular flexibility index (Phi) is 7.52. The van der Waals surface area contributed by atoms with E-state index in [0.717, 1.165) is 0 Å². The smallest absolute Gasteiger partial charge is 0.314 e. The summed E-state index contributed by atoms with van der Waals surface area (Å²) in [4.78, 5) is 1.60. The Morgan fingerprint density at radius 3 is 2.16 bits per heavy atom. The number of halogens is 8. The molecule has 2 nitrogen and oxygen atoms in total. The maximum Gasteiger partial charge on any atom is 0.416 e. The lowest BCUT2D eigenvalue weighted by molar-refractivity contribution is -0.140. The maximum absolute atomic E-state index is 14.1. The van der Waals surface area contributed by atoms with Crippen molar-refractivity contribution in [2.24, 2.45) is 0 Å². The minimum absolute atomic E-state index is 0. The van der Waals surface area contributed by atoms with Crippen LogP contribution < -0.4 is 5.32 Å². The Balaban J connectivity index is 0.00000312. The van der Waals surface area contributed by atoms with Gasteiger partial charge >= 0.3 is 12.4 Å². The molecule has 0 unspecified atom stereocenters. The van der Waals surface area contributed by atoms with E-state index >= 15 is 0 Å². The fourth-order valence-corrected chi connectivity index (χ4v) is 2.80. The first kappa shape index (κ1) is 22.0. The number of rotatable bonds is 4. The molecule has 10 heteroatoms. The van der Waals surface area contributed by atoms with Gasteiger partial charge in [-0.1, -0.05) is 0 Å². The lowest BCUT2D eigenvalue weighted by atomic mass is 9.96. The summed E-state index contributed by atoms with van der Waals surface area (Å²) in [5.41, 5.74) is -1.40. The van der Waals surface area contributed by atoms with Gasteiger partial charge in [-0.05, 0) is 24.6 Å². The van der Waals surface area contributed by atoms with Crippen LogP contribution in [0.25, 0.3) is 0 Å². The molecule has 0 aliphatic carbocycles. The van der Waals surface area contributed by atoms with Gasteiger partial charge in [0.1, 0.15) is 5.82 Å². The normalized spacial score (nSPS) is 17.9. The summed E-state index contributed by atoms with van der Waals surface area (Å²) in [7, 11) is 0. The molecule has 1 aromatic carbocycles. The van der Waals surface area contributed by atoms with Gasteiger partial charge in [0.2, 0.25) is 0 Å². The molecule has 1 N–H and O–H groups in total. The van der Waals surface area contributed by atoms with Crippen molar-refractivity contribution in [1.29, 1.82) is 0 Å². The van der Waals surface area contributed by atoms with Gasteiger partial charge in [0.25, 0.3) is 0 Å². The van der Waals surface area contributed by atoms with Crippen LogP contribution in [0.5, 0.6) is 0 Å². The average molecular weight is 395 g/mol. The molecule has 144 valence electrons. The molecule has 1 aliphatic rings. The van der Waals surface area contributed by atoms with E-state index in [2.05, 4.69) is 5.32 Å². The van der Waals surface area contributed by atoms with Crippen LogP contribution in [0.3, 0.4) is 0 Å². The molecule has 0 bridgehead atoms. The van der Waals surface area contributed by atoms with Crippen LogP contribution >= 0.6 is 12.4 Å². The van der Waals surface area contributed by atoms with Crippen molar-refractivity contribution in [2.75, 3.05) is 26.2 Å². The third-order valence-electron chi connectivity index (χ3n) is 3.98. The summed E-state index contributed by atoms with van der Waals surface area (Å²) < 4.78 is 90.3. The fourth-order valence-electron chi connectivity index (χ4n) is 2.80. The summed E-state index contributed by atoms with van der Waals surface area (Å²) in [6, 6.07) is 0.840. The van der Waals surface area contributed by atoms with Crippen molar-refractivity contribution in [1.82, 2.24) is 10.2 Å². The Hall–Kier alpha value is -1.06. The molecular weight excluding hydrogens is 377 g/mol. The van der Waals surface area contributed by atoms with Crippen LogP contribution in [0.2, 0.25) is 0 Å². The fraction of sp³-hybridized carbons (Fsp3) is 0.600. The van der Waals surface area contributed by atoms with E-state index in [1.807, 2.05) is 0 Å². The van der Waals surface area contributed by atoms with Gasteiger partial charge in [-0.15, -0.1) is 12.4 Å². The van der Waals surface area contributed by atoms with Gasteiger partial charge < -0.3 is 5.32 Å². The number of piperazine rings is 1. The summed E-state index contributed by atoms with van der Waals surface area (Å²) in [5, 5.41) is 3.01. The van der Waals surface area contributed by atoms with Gasteiger partial charge in [-0.25, -0.2) is 4.39 Å². The molecule has 0 radical (unpaired) electrons. The lowest BCUT2D eigenvalue weighted by Gasteiger charge is -2.35. The topological polar surface area (TPSA) is 15.3 Å².